The third kappa shape index (κ3) is 3.56. The van der Waals surface area contributed by atoms with Crippen molar-refractivity contribution in [3.8, 4) is 0 Å². The SMILES string of the molecule is CN1CCOC(CNCc2ccncc2)C1. The van der Waals surface area contributed by atoms with Gasteiger partial charge in [-0.3, -0.25) is 4.98 Å². The lowest BCUT2D eigenvalue weighted by atomic mass is 10.2. The molecule has 0 spiro atoms. The lowest BCUT2D eigenvalue weighted by Gasteiger charge is -2.30. The van der Waals surface area contributed by atoms with E-state index in [9.17, 15) is 0 Å². The molecule has 1 fully saturated rings. The number of pyridine rings is 1. The van der Waals surface area contributed by atoms with Gasteiger partial charge in [0.05, 0.1) is 12.7 Å². The summed E-state index contributed by atoms with van der Waals surface area (Å²) in [6.07, 6.45) is 3.96. The summed E-state index contributed by atoms with van der Waals surface area (Å²) in [6, 6.07) is 4.06. The molecule has 2 rings (SSSR count). The van der Waals surface area contributed by atoms with Crippen molar-refractivity contribution < 1.29 is 4.74 Å². The maximum atomic E-state index is 5.67. The normalized spacial score (nSPS) is 22.2. The first-order valence-electron chi connectivity index (χ1n) is 5.74. The van der Waals surface area contributed by atoms with E-state index < -0.39 is 0 Å². The number of aromatic nitrogens is 1. The summed E-state index contributed by atoms with van der Waals surface area (Å²) in [4.78, 5) is 6.30. The first-order valence-corrected chi connectivity index (χ1v) is 5.74. The molecule has 1 aliphatic rings. The standard InChI is InChI=1S/C12H19N3O/c1-15-6-7-16-12(10-15)9-14-8-11-2-4-13-5-3-11/h2-5,12,14H,6-10H2,1H3. The van der Waals surface area contributed by atoms with Crippen LogP contribution in [-0.4, -0.2) is 49.3 Å². The van der Waals surface area contributed by atoms with Gasteiger partial charge in [-0.2, -0.15) is 0 Å². The van der Waals surface area contributed by atoms with Crippen molar-refractivity contribution in [2.45, 2.75) is 12.6 Å². The van der Waals surface area contributed by atoms with Gasteiger partial charge in [0.15, 0.2) is 0 Å². The zero-order chi connectivity index (χ0) is 11.2. The van der Waals surface area contributed by atoms with Crippen LogP contribution < -0.4 is 5.32 Å². The number of morpholine rings is 1. The van der Waals surface area contributed by atoms with Crippen LogP contribution in [0, 0.1) is 0 Å². The average molecular weight is 221 g/mol. The second-order valence-corrected chi connectivity index (χ2v) is 4.24. The minimum absolute atomic E-state index is 0.320. The Hall–Kier alpha value is -0.970. The molecule has 0 radical (unpaired) electrons. The molecule has 0 amide bonds. The number of rotatable bonds is 4. The monoisotopic (exact) mass is 221 g/mol. The van der Waals surface area contributed by atoms with Crippen LogP contribution in [0.2, 0.25) is 0 Å². The van der Waals surface area contributed by atoms with E-state index in [2.05, 4.69) is 22.2 Å². The van der Waals surface area contributed by atoms with Crippen LogP contribution in [0.5, 0.6) is 0 Å². The minimum Gasteiger partial charge on any atom is -0.374 e. The van der Waals surface area contributed by atoms with E-state index in [1.807, 2.05) is 24.5 Å². The molecular formula is C12H19N3O. The summed E-state index contributed by atoms with van der Waals surface area (Å²) < 4.78 is 5.67. The summed E-state index contributed by atoms with van der Waals surface area (Å²) in [5, 5.41) is 3.41. The van der Waals surface area contributed by atoms with Crippen LogP contribution in [-0.2, 0) is 11.3 Å². The Labute approximate surface area is 96.6 Å². The highest BCUT2D eigenvalue weighted by atomic mass is 16.5. The topological polar surface area (TPSA) is 37.4 Å². The van der Waals surface area contributed by atoms with Crippen molar-refractivity contribution in [2.24, 2.45) is 0 Å². The van der Waals surface area contributed by atoms with Crippen LogP contribution >= 0.6 is 0 Å². The molecule has 0 aliphatic carbocycles. The van der Waals surface area contributed by atoms with E-state index in [1.54, 1.807) is 0 Å². The Balaban J connectivity index is 1.68. The van der Waals surface area contributed by atoms with E-state index in [4.69, 9.17) is 4.74 Å². The van der Waals surface area contributed by atoms with Crippen molar-refractivity contribution in [3.05, 3.63) is 30.1 Å². The molecule has 2 heterocycles. The fourth-order valence-corrected chi connectivity index (χ4v) is 1.87. The largest absolute Gasteiger partial charge is 0.374 e. The van der Waals surface area contributed by atoms with Crippen LogP contribution in [0.1, 0.15) is 5.56 Å². The first kappa shape index (κ1) is 11.5. The second kappa shape index (κ2) is 5.94. The molecular weight excluding hydrogens is 202 g/mol. The molecule has 1 atom stereocenters. The Morgan fingerprint density at radius 1 is 1.50 bits per heavy atom. The van der Waals surface area contributed by atoms with E-state index in [0.29, 0.717) is 6.10 Å². The molecule has 1 unspecified atom stereocenters. The van der Waals surface area contributed by atoms with Crippen molar-refractivity contribution in [1.82, 2.24) is 15.2 Å². The predicted molar refractivity (Wildman–Crippen MR) is 63.2 cm³/mol. The smallest absolute Gasteiger partial charge is 0.0826 e. The van der Waals surface area contributed by atoms with Crippen molar-refractivity contribution in [1.29, 1.82) is 0 Å². The van der Waals surface area contributed by atoms with E-state index >= 15 is 0 Å². The summed E-state index contributed by atoms with van der Waals surface area (Å²) in [5.74, 6) is 0. The van der Waals surface area contributed by atoms with Gasteiger partial charge in [-0.1, -0.05) is 0 Å². The van der Waals surface area contributed by atoms with Gasteiger partial charge in [0.2, 0.25) is 0 Å². The highest BCUT2D eigenvalue weighted by molar-refractivity contribution is 5.08. The molecule has 0 aromatic carbocycles. The first-order chi connectivity index (χ1) is 7.84. The van der Waals surface area contributed by atoms with Crippen LogP contribution in [0.25, 0.3) is 0 Å². The van der Waals surface area contributed by atoms with Gasteiger partial charge in [0.1, 0.15) is 0 Å². The fraction of sp³-hybridized carbons (Fsp3) is 0.583. The molecule has 0 saturated carbocycles. The molecule has 1 saturated heterocycles. The van der Waals surface area contributed by atoms with Gasteiger partial charge >= 0.3 is 0 Å². The molecule has 88 valence electrons. The maximum Gasteiger partial charge on any atom is 0.0826 e. The van der Waals surface area contributed by atoms with Gasteiger partial charge in [0, 0.05) is 38.6 Å². The summed E-state index contributed by atoms with van der Waals surface area (Å²) in [7, 11) is 2.14. The van der Waals surface area contributed by atoms with Crippen molar-refractivity contribution >= 4 is 0 Å². The number of ether oxygens (including phenoxy) is 1. The van der Waals surface area contributed by atoms with E-state index in [0.717, 1.165) is 32.8 Å². The van der Waals surface area contributed by atoms with Gasteiger partial charge in [0.25, 0.3) is 0 Å². The highest BCUT2D eigenvalue weighted by Crippen LogP contribution is 2.02. The molecule has 4 nitrogen and oxygen atoms in total. The Morgan fingerprint density at radius 3 is 3.06 bits per heavy atom. The summed E-state index contributed by atoms with van der Waals surface area (Å²) in [5.41, 5.74) is 1.26. The second-order valence-electron chi connectivity index (χ2n) is 4.24. The molecule has 0 bridgehead atoms. The fourth-order valence-electron chi connectivity index (χ4n) is 1.87. The number of hydrogen-bond acceptors (Lipinski definition) is 4. The molecule has 1 N–H and O–H groups in total. The van der Waals surface area contributed by atoms with Crippen molar-refractivity contribution in [3.63, 3.8) is 0 Å². The number of nitrogens with one attached hydrogen (secondary N) is 1. The number of nitrogens with zero attached hydrogens (tertiary/aromatic N) is 2. The van der Waals surface area contributed by atoms with Gasteiger partial charge in [-0.25, -0.2) is 0 Å². The molecule has 1 aliphatic heterocycles. The van der Waals surface area contributed by atoms with Gasteiger partial charge in [-0.05, 0) is 24.7 Å². The maximum absolute atomic E-state index is 5.67. The molecule has 16 heavy (non-hydrogen) atoms. The quantitative estimate of drug-likeness (QED) is 0.803. The zero-order valence-corrected chi connectivity index (χ0v) is 9.72. The summed E-state index contributed by atoms with van der Waals surface area (Å²) in [6.45, 7) is 4.70. The molecule has 1 aromatic rings. The third-order valence-corrected chi connectivity index (χ3v) is 2.79. The lowest BCUT2D eigenvalue weighted by Crippen LogP contribution is -2.44. The van der Waals surface area contributed by atoms with Gasteiger partial charge < -0.3 is 15.0 Å². The Bertz CT molecular complexity index is 304. The average Bonchev–Trinajstić information content (AvgIpc) is 2.30. The molecule has 4 heteroatoms. The Morgan fingerprint density at radius 2 is 2.31 bits per heavy atom. The zero-order valence-electron chi connectivity index (χ0n) is 9.72. The third-order valence-electron chi connectivity index (χ3n) is 2.79. The number of likely N-dealkylation sites (N-methyl/N-ethyl adjacent to an activating group) is 1. The van der Waals surface area contributed by atoms with Crippen LogP contribution in [0.15, 0.2) is 24.5 Å². The van der Waals surface area contributed by atoms with Gasteiger partial charge in [-0.15, -0.1) is 0 Å². The number of hydrogen-bond donors (Lipinski definition) is 1. The van der Waals surface area contributed by atoms with Crippen molar-refractivity contribution in [2.75, 3.05) is 33.3 Å². The lowest BCUT2D eigenvalue weighted by molar-refractivity contribution is -0.0182. The highest BCUT2D eigenvalue weighted by Gasteiger charge is 2.16. The predicted octanol–water partition coefficient (Wildman–Crippen LogP) is 0.502. The molecule has 1 aromatic heterocycles. The van der Waals surface area contributed by atoms with Crippen LogP contribution in [0.3, 0.4) is 0 Å². The van der Waals surface area contributed by atoms with E-state index in [-0.39, 0.29) is 0 Å². The van der Waals surface area contributed by atoms with E-state index in [1.165, 1.54) is 5.56 Å². The minimum atomic E-state index is 0.320. The summed E-state index contributed by atoms with van der Waals surface area (Å²) >= 11 is 0. The Kier molecular flexibility index (Phi) is 4.27. The van der Waals surface area contributed by atoms with Crippen LogP contribution in [0.4, 0.5) is 0 Å².